The van der Waals surface area contributed by atoms with Crippen molar-refractivity contribution in [3.8, 4) is 5.75 Å². The molecule has 1 N–H and O–H groups in total. The fraction of sp³-hybridized carbons (Fsp3) is 0.375. The standard InChI is InChI=1S/C16H21NOS/c1-12-8-10-19-16(12)13(2)17-9-7-14-5-4-6-15(11-14)18-3/h4-6,8,10-11,13,17H,7,9H2,1-3H3. The average molecular weight is 275 g/mol. The average Bonchev–Trinajstić information content (AvgIpc) is 2.85. The molecule has 1 aromatic carbocycles. The van der Waals surface area contributed by atoms with E-state index in [-0.39, 0.29) is 0 Å². The summed E-state index contributed by atoms with van der Waals surface area (Å²) in [6.45, 7) is 5.38. The summed E-state index contributed by atoms with van der Waals surface area (Å²) in [6, 6.07) is 10.9. The third kappa shape index (κ3) is 3.82. The maximum atomic E-state index is 5.24. The van der Waals surface area contributed by atoms with Gasteiger partial charge in [0, 0.05) is 10.9 Å². The van der Waals surface area contributed by atoms with E-state index < -0.39 is 0 Å². The maximum Gasteiger partial charge on any atom is 0.119 e. The van der Waals surface area contributed by atoms with Gasteiger partial charge >= 0.3 is 0 Å². The third-order valence-electron chi connectivity index (χ3n) is 3.29. The summed E-state index contributed by atoms with van der Waals surface area (Å²) in [5.74, 6) is 0.930. The van der Waals surface area contributed by atoms with Gasteiger partial charge in [-0.15, -0.1) is 11.3 Å². The van der Waals surface area contributed by atoms with Gasteiger partial charge < -0.3 is 10.1 Å². The number of benzene rings is 1. The lowest BCUT2D eigenvalue weighted by molar-refractivity contribution is 0.414. The van der Waals surface area contributed by atoms with Crippen molar-refractivity contribution in [2.75, 3.05) is 13.7 Å². The fourth-order valence-electron chi connectivity index (χ4n) is 2.18. The van der Waals surface area contributed by atoms with Crippen molar-refractivity contribution in [1.29, 1.82) is 0 Å². The Bertz CT molecular complexity index is 521. The number of methoxy groups -OCH3 is 1. The van der Waals surface area contributed by atoms with E-state index in [0.717, 1.165) is 18.7 Å². The van der Waals surface area contributed by atoms with Gasteiger partial charge in [0.05, 0.1) is 7.11 Å². The number of nitrogens with one attached hydrogen (secondary N) is 1. The number of thiophene rings is 1. The van der Waals surface area contributed by atoms with Crippen LogP contribution in [0.25, 0.3) is 0 Å². The highest BCUT2D eigenvalue weighted by Gasteiger charge is 2.08. The van der Waals surface area contributed by atoms with Crippen LogP contribution in [-0.2, 0) is 6.42 Å². The highest BCUT2D eigenvalue weighted by molar-refractivity contribution is 7.10. The van der Waals surface area contributed by atoms with Gasteiger partial charge in [-0.2, -0.15) is 0 Å². The molecule has 1 aromatic heterocycles. The van der Waals surface area contributed by atoms with Crippen molar-refractivity contribution in [2.24, 2.45) is 0 Å². The molecule has 3 heteroatoms. The Labute approximate surface area is 119 Å². The lowest BCUT2D eigenvalue weighted by atomic mass is 10.1. The third-order valence-corrected chi connectivity index (χ3v) is 4.49. The van der Waals surface area contributed by atoms with Crippen LogP contribution in [0.2, 0.25) is 0 Å². The van der Waals surface area contributed by atoms with Crippen LogP contribution in [0.5, 0.6) is 5.75 Å². The predicted molar refractivity (Wildman–Crippen MR) is 82.2 cm³/mol. The monoisotopic (exact) mass is 275 g/mol. The molecule has 102 valence electrons. The molecule has 2 aromatic rings. The summed E-state index contributed by atoms with van der Waals surface area (Å²) >= 11 is 1.83. The van der Waals surface area contributed by atoms with E-state index in [0.29, 0.717) is 6.04 Å². The molecule has 0 amide bonds. The van der Waals surface area contributed by atoms with Crippen molar-refractivity contribution in [3.05, 3.63) is 51.7 Å². The summed E-state index contributed by atoms with van der Waals surface area (Å²) in [5, 5.41) is 5.74. The molecule has 0 saturated heterocycles. The molecule has 0 spiro atoms. The zero-order valence-electron chi connectivity index (χ0n) is 11.8. The minimum absolute atomic E-state index is 0.422. The molecule has 0 aliphatic rings. The molecule has 2 nitrogen and oxygen atoms in total. The molecule has 0 bridgehead atoms. The van der Waals surface area contributed by atoms with Gasteiger partial charge in [0.25, 0.3) is 0 Å². The number of hydrogen-bond acceptors (Lipinski definition) is 3. The van der Waals surface area contributed by atoms with Gasteiger partial charge in [0.15, 0.2) is 0 Å². The molecule has 0 saturated carbocycles. The Balaban J connectivity index is 1.84. The van der Waals surface area contributed by atoms with Gasteiger partial charge in [-0.1, -0.05) is 12.1 Å². The van der Waals surface area contributed by atoms with E-state index >= 15 is 0 Å². The van der Waals surface area contributed by atoms with Crippen LogP contribution in [0.1, 0.15) is 29.0 Å². The minimum Gasteiger partial charge on any atom is -0.497 e. The van der Waals surface area contributed by atoms with Crippen molar-refractivity contribution >= 4 is 11.3 Å². The molecular formula is C16H21NOS. The van der Waals surface area contributed by atoms with E-state index in [9.17, 15) is 0 Å². The summed E-state index contributed by atoms with van der Waals surface area (Å²) < 4.78 is 5.24. The first-order chi connectivity index (χ1) is 9.20. The fourth-order valence-corrected chi connectivity index (χ4v) is 3.14. The van der Waals surface area contributed by atoms with Crippen molar-refractivity contribution in [3.63, 3.8) is 0 Å². The van der Waals surface area contributed by atoms with Crippen LogP contribution in [-0.4, -0.2) is 13.7 Å². The number of rotatable bonds is 6. The van der Waals surface area contributed by atoms with E-state index in [2.05, 4.69) is 42.7 Å². The molecular weight excluding hydrogens is 254 g/mol. The molecule has 0 radical (unpaired) electrons. The first kappa shape index (κ1) is 14.1. The second-order valence-corrected chi connectivity index (χ2v) is 5.69. The Morgan fingerprint density at radius 2 is 2.16 bits per heavy atom. The summed E-state index contributed by atoms with van der Waals surface area (Å²) in [4.78, 5) is 1.44. The summed E-state index contributed by atoms with van der Waals surface area (Å²) in [6.07, 6.45) is 1.02. The largest absolute Gasteiger partial charge is 0.497 e. The normalized spacial score (nSPS) is 12.4. The van der Waals surface area contributed by atoms with Crippen LogP contribution in [0.4, 0.5) is 0 Å². The van der Waals surface area contributed by atoms with Gasteiger partial charge in [-0.3, -0.25) is 0 Å². The van der Waals surface area contributed by atoms with E-state index in [4.69, 9.17) is 4.74 Å². The van der Waals surface area contributed by atoms with Crippen LogP contribution in [0.3, 0.4) is 0 Å². The van der Waals surface area contributed by atoms with E-state index in [1.54, 1.807) is 7.11 Å². The lowest BCUT2D eigenvalue weighted by Gasteiger charge is -2.13. The molecule has 2 rings (SSSR count). The van der Waals surface area contributed by atoms with E-state index in [1.807, 2.05) is 23.5 Å². The first-order valence-electron chi connectivity index (χ1n) is 6.61. The molecule has 0 aliphatic carbocycles. The lowest BCUT2D eigenvalue weighted by Crippen LogP contribution is -2.21. The summed E-state index contributed by atoms with van der Waals surface area (Å²) in [7, 11) is 1.71. The zero-order valence-corrected chi connectivity index (χ0v) is 12.6. The molecule has 1 unspecified atom stereocenters. The highest BCUT2D eigenvalue weighted by atomic mass is 32.1. The Kier molecular flexibility index (Phi) is 5.00. The molecule has 0 aliphatic heterocycles. The second kappa shape index (κ2) is 6.73. The first-order valence-corrected chi connectivity index (χ1v) is 7.49. The van der Waals surface area contributed by atoms with Gasteiger partial charge in [0.1, 0.15) is 5.75 Å². The highest BCUT2D eigenvalue weighted by Crippen LogP contribution is 2.23. The number of ether oxygens (including phenoxy) is 1. The van der Waals surface area contributed by atoms with Crippen LogP contribution < -0.4 is 10.1 Å². The van der Waals surface area contributed by atoms with Crippen molar-refractivity contribution in [2.45, 2.75) is 26.3 Å². The van der Waals surface area contributed by atoms with Crippen LogP contribution in [0.15, 0.2) is 35.7 Å². The smallest absolute Gasteiger partial charge is 0.119 e. The quantitative estimate of drug-likeness (QED) is 0.861. The topological polar surface area (TPSA) is 21.3 Å². The maximum absolute atomic E-state index is 5.24. The molecule has 1 atom stereocenters. The van der Waals surface area contributed by atoms with Gasteiger partial charge in [0.2, 0.25) is 0 Å². The Morgan fingerprint density at radius 3 is 2.84 bits per heavy atom. The second-order valence-electron chi connectivity index (χ2n) is 4.75. The zero-order chi connectivity index (χ0) is 13.7. The van der Waals surface area contributed by atoms with Gasteiger partial charge in [-0.05, 0) is 61.5 Å². The molecule has 1 heterocycles. The number of hydrogen-bond donors (Lipinski definition) is 1. The van der Waals surface area contributed by atoms with E-state index in [1.165, 1.54) is 16.0 Å². The molecule has 0 fully saturated rings. The minimum atomic E-state index is 0.422. The van der Waals surface area contributed by atoms with Crippen molar-refractivity contribution in [1.82, 2.24) is 5.32 Å². The van der Waals surface area contributed by atoms with Gasteiger partial charge in [-0.25, -0.2) is 0 Å². The van der Waals surface area contributed by atoms with Crippen LogP contribution in [0, 0.1) is 6.92 Å². The number of aryl methyl sites for hydroxylation is 1. The SMILES string of the molecule is COc1cccc(CCNC(C)c2sccc2C)c1. The Hall–Kier alpha value is -1.32. The Morgan fingerprint density at radius 1 is 1.32 bits per heavy atom. The van der Waals surface area contributed by atoms with Crippen LogP contribution >= 0.6 is 11.3 Å². The predicted octanol–water partition coefficient (Wildman–Crippen LogP) is 3.96. The summed E-state index contributed by atoms with van der Waals surface area (Å²) in [5.41, 5.74) is 2.69. The van der Waals surface area contributed by atoms with Crippen molar-refractivity contribution < 1.29 is 4.74 Å². The molecule has 19 heavy (non-hydrogen) atoms.